The van der Waals surface area contributed by atoms with Crippen LogP contribution in [-0.4, -0.2) is 37.0 Å². The predicted octanol–water partition coefficient (Wildman–Crippen LogP) is 4.31. The van der Waals surface area contributed by atoms with Gasteiger partial charge in [-0.05, 0) is 55.0 Å². The van der Waals surface area contributed by atoms with E-state index >= 15 is 0 Å². The molecule has 0 radical (unpaired) electrons. The van der Waals surface area contributed by atoms with Crippen LogP contribution in [0.15, 0.2) is 53.0 Å². The van der Waals surface area contributed by atoms with Gasteiger partial charge >= 0.3 is 11.9 Å². The van der Waals surface area contributed by atoms with Gasteiger partial charge < -0.3 is 20.1 Å². The first-order valence-corrected chi connectivity index (χ1v) is 10.9. The number of carbonyl (C=O) groups is 4. The second kappa shape index (κ2) is 13.3. The molecule has 0 heterocycles. The zero-order valence-electron chi connectivity index (χ0n) is 17.7. The maximum absolute atomic E-state index is 12.0. The van der Waals surface area contributed by atoms with Crippen LogP contribution in [0.25, 0.3) is 0 Å². The predicted molar refractivity (Wildman–Crippen MR) is 123 cm³/mol. The molecule has 0 saturated carbocycles. The molecule has 2 aromatic rings. The first-order chi connectivity index (χ1) is 15.4. The monoisotopic (exact) mass is 504 g/mol. The van der Waals surface area contributed by atoms with Gasteiger partial charge in [0.15, 0.2) is 6.61 Å². The van der Waals surface area contributed by atoms with Gasteiger partial charge in [-0.25, -0.2) is 4.79 Å². The molecule has 32 heavy (non-hydrogen) atoms. The molecule has 2 aromatic carbocycles. The van der Waals surface area contributed by atoms with E-state index in [1.165, 1.54) is 0 Å². The van der Waals surface area contributed by atoms with E-state index in [0.717, 1.165) is 17.3 Å². The number of unbranched alkanes of at least 4 members (excludes halogenated alkanes) is 1. The molecule has 170 valence electrons. The van der Waals surface area contributed by atoms with Crippen LogP contribution < -0.4 is 10.6 Å². The number of benzene rings is 2. The van der Waals surface area contributed by atoms with Crippen molar-refractivity contribution < 1.29 is 28.7 Å². The van der Waals surface area contributed by atoms with Crippen LogP contribution in [0, 0.1) is 0 Å². The molecular weight excluding hydrogens is 480 g/mol. The highest BCUT2D eigenvalue weighted by Crippen LogP contribution is 2.14. The Labute approximate surface area is 194 Å². The first-order valence-electron chi connectivity index (χ1n) is 10.2. The molecule has 0 unspecified atom stereocenters. The average Bonchev–Trinajstić information content (AvgIpc) is 2.78. The second-order valence-corrected chi connectivity index (χ2v) is 7.75. The van der Waals surface area contributed by atoms with Gasteiger partial charge in [-0.3, -0.25) is 14.4 Å². The molecule has 0 aliphatic rings. The Morgan fingerprint density at radius 2 is 1.41 bits per heavy atom. The Morgan fingerprint density at radius 3 is 2.03 bits per heavy atom. The molecule has 0 spiro atoms. The Hall–Kier alpha value is -3.20. The average molecular weight is 505 g/mol. The van der Waals surface area contributed by atoms with Crippen LogP contribution in [0.5, 0.6) is 0 Å². The summed E-state index contributed by atoms with van der Waals surface area (Å²) < 4.78 is 10.9. The summed E-state index contributed by atoms with van der Waals surface area (Å²) in [5.74, 6) is -1.93. The van der Waals surface area contributed by atoms with Crippen molar-refractivity contribution in [1.82, 2.24) is 0 Å². The van der Waals surface area contributed by atoms with Crippen molar-refractivity contribution in [2.24, 2.45) is 0 Å². The summed E-state index contributed by atoms with van der Waals surface area (Å²) in [4.78, 5) is 47.5. The summed E-state index contributed by atoms with van der Waals surface area (Å²) in [6.45, 7) is 1.94. The van der Waals surface area contributed by atoms with E-state index in [1.807, 2.05) is 6.92 Å². The van der Waals surface area contributed by atoms with E-state index in [9.17, 15) is 19.2 Å². The highest BCUT2D eigenvalue weighted by atomic mass is 79.9. The van der Waals surface area contributed by atoms with E-state index in [1.54, 1.807) is 48.5 Å². The SMILES string of the molecule is CCCCOC(=O)c1ccc(NC(=O)CCC(=O)OCC(=O)Nc2ccc(Br)cc2)cc1. The molecule has 2 rings (SSSR count). The third-order valence-electron chi connectivity index (χ3n) is 4.18. The highest BCUT2D eigenvalue weighted by Gasteiger charge is 2.12. The Bertz CT molecular complexity index is 929. The van der Waals surface area contributed by atoms with Gasteiger partial charge in [0.05, 0.1) is 18.6 Å². The largest absolute Gasteiger partial charge is 0.462 e. The first kappa shape index (κ1) is 25.1. The standard InChI is InChI=1S/C23H25BrN2O6/c1-2-3-14-31-23(30)16-4-8-18(9-5-16)25-20(27)12-13-22(29)32-15-21(28)26-19-10-6-17(24)7-11-19/h4-11H,2-3,12-15H2,1H3,(H,25,27)(H,26,28). The van der Waals surface area contributed by atoms with Crippen molar-refractivity contribution in [1.29, 1.82) is 0 Å². The van der Waals surface area contributed by atoms with Crippen LogP contribution in [0.2, 0.25) is 0 Å². The van der Waals surface area contributed by atoms with E-state index in [-0.39, 0.29) is 18.7 Å². The number of hydrogen-bond donors (Lipinski definition) is 2. The number of amides is 2. The van der Waals surface area contributed by atoms with Gasteiger partial charge in [0.1, 0.15) is 0 Å². The summed E-state index contributed by atoms with van der Waals surface area (Å²) in [6, 6.07) is 13.2. The van der Waals surface area contributed by atoms with E-state index in [2.05, 4.69) is 26.6 Å². The van der Waals surface area contributed by atoms with Crippen molar-refractivity contribution in [3.63, 3.8) is 0 Å². The third-order valence-corrected chi connectivity index (χ3v) is 4.71. The molecule has 0 bridgehead atoms. The minimum absolute atomic E-state index is 0.103. The molecule has 0 fully saturated rings. The molecular formula is C23H25BrN2O6. The van der Waals surface area contributed by atoms with Crippen molar-refractivity contribution >= 4 is 51.1 Å². The Morgan fingerprint density at radius 1 is 0.812 bits per heavy atom. The van der Waals surface area contributed by atoms with E-state index in [4.69, 9.17) is 9.47 Å². The fourth-order valence-corrected chi connectivity index (χ4v) is 2.73. The summed E-state index contributed by atoms with van der Waals surface area (Å²) in [5.41, 5.74) is 1.46. The van der Waals surface area contributed by atoms with E-state index in [0.29, 0.717) is 23.5 Å². The fraction of sp³-hybridized carbons (Fsp3) is 0.304. The number of carbonyl (C=O) groups excluding carboxylic acids is 4. The summed E-state index contributed by atoms with van der Waals surface area (Å²) in [6.07, 6.45) is 1.47. The lowest BCUT2D eigenvalue weighted by molar-refractivity contribution is -0.147. The molecule has 0 aromatic heterocycles. The molecule has 8 nitrogen and oxygen atoms in total. The zero-order chi connectivity index (χ0) is 23.3. The molecule has 2 amide bonds. The summed E-state index contributed by atoms with van der Waals surface area (Å²) >= 11 is 3.30. The smallest absolute Gasteiger partial charge is 0.338 e. The van der Waals surface area contributed by atoms with Crippen LogP contribution in [0.4, 0.5) is 11.4 Å². The quantitative estimate of drug-likeness (QED) is 0.348. The molecule has 0 atom stereocenters. The maximum atomic E-state index is 12.0. The van der Waals surface area contributed by atoms with Gasteiger partial charge in [0.25, 0.3) is 5.91 Å². The number of anilines is 2. The van der Waals surface area contributed by atoms with Gasteiger partial charge in [-0.1, -0.05) is 29.3 Å². The minimum atomic E-state index is -0.656. The summed E-state index contributed by atoms with van der Waals surface area (Å²) in [5, 5.41) is 5.24. The maximum Gasteiger partial charge on any atom is 0.338 e. The van der Waals surface area contributed by atoms with Crippen molar-refractivity contribution in [2.45, 2.75) is 32.6 Å². The fourth-order valence-electron chi connectivity index (χ4n) is 2.47. The number of hydrogen-bond acceptors (Lipinski definition) is 6. The van der Waals surface area contributed by atoms with Crippen molar-refractivity contribution in [2.75, 3.05) is 23.8 Å². The third kappa shape index (κ3) is 9.30. The van der Waals surface area contributed by atoms with Gasteiger partial charge in [-0.2, -0.15) is 0 Å². The van der Waals surface area contributed by atoms with Gasteiger partial charge in [0, 0.05) is 22.3 Å². The lowest BCUT2D eigenvalue weighted by atomic mass is 10.2. The number of ether oxygens (including phenoxy) is 2. The highest BCUT2D eigenvalue weighted by molar-refractivity contribution is 9.10. The van der Waals surface area contributed by atoms with Crippen LogP contribution in [0.3, 0.4) is 0 Å². The Balaban J connectivity index is 1.67. The van der Waals surface area contributed by atoms with Gasteiger partial charge in [0.2, 0.25) is 5.91 Å². The molecule has 2 N–H and O–H groups in total. The second-order valence-electron chi connectivity index (χ2n) is 6.83. The van der Waals surface area contributed by atoms with Crippen LogP contribution >= 0.6 is 15.9 Å². The Kier molecular flexibility index (Phi) is 10.4. The molecule has 0 aliphatic heterocycles. The topological polar surface area (TPSA) is 111 Å². The summed E-state index contributed by atoms with van der Waals surface area (Å²) in [7, 11) is 0. The normalized spacial score (nSPS) is 10.2. The number of nitrogens with one attached hydrogen (secondary N) is 2. The molecule has 9 heteroatoms. The van der Waals surface area contributed by atoms with Gasteiger partial charge in [-0.15, -0.1) is 0 Å². The number of rotatable bonds is 11. The molecule has 0 saturated heterocycles. The van der Waals surface area contributed by atoms with Crippen LogP contribution in [-0.2, 0) is 23.9 Å². The van der Waals surface area contributed by atoms with Crippen molar-refractivity contribution in [3.8, 4) is 0 Å². The number of halogens is 1. The lowest BCUT2D eigenvalue weighted by Gasteiger charge is -2.08. The lowest BCUT2D eigenvalue weighted by Crippen LogP contribution is -2.21. The van der Waals surface area contributed by atoms with E-state index < -0.39 is 24.5 Å². The van der Waals surface area contributed by atoms with Crippen molar-refractivity contribution in [3.05, 3.63) is 58.6 Å². The minimum Gasteiger partial charge on any atom is -0.462 e. The number of esters is 2. The van der Waals surface area contributed by atoms with Crippen LogP contribution in [0.1, 0.15) is 43.0 Å². The zero-order valence-corrected chi connectivity index (χ0v) is 19.3. The molecule has 0 aliphatic carbocycles.